The molecule has 0 bridgehead atoms. The van der Waals surface area contributed by atoms with Gasteiger partial charge in [0.25, 0.3) is 0 Å². The van der Waals surface area contributed by atoms with Crippen LogP contribution in [0.15, 0.2) is 70.9 Å². The molecule has 0 radical (unpaired) electrons. The monoisotopic (exact) mass is 464 g/mol. The maximum atomic E-state index is 12.8. The van der Waals surface area contributed by atoms with Crippen LogP contribution in [-0.2, 0) is 0 Å². The second-order valence-electron chi connectivity index (χ2n) is 6.66. The van der Waals surface area contributed by atoms with Crippen LogP contribution in [0.4, 0.5) is 0 Å². The predicted octanol–water partition coefficient (Wildman–Crippen LogP) is 5.60. The van der Waals surface area contributed by atoms with E-state index in [-0.39, 0.29) is 17.3 Å². The van der Waals surface area contributed by atoms with E-state index in [0.717, 1.165) is 10.0 Å². The zero-order chi connectivity index (χ0) is 21.3. The number of ether oxygens (including phenoxy) is 3. The molecule has 1 aliphatic heterocycles. The van der Waals surface area contributed by atoms with E-state index >= 15 is 0 Å². The molecule has 30 heavy (non-hydrogen) atoms. The molecule has 0 fully saturated rings. The molecule has 150 valence electrons. The summed E-state index contributed by atoms with van der Waals surface area (Å²) in [5, 5.41) is 0. The third-order valence-electron chi connectivity index (χ3n) is 4.67. The van der Waals surface area contributed by atoms with Gasteiger partial charge in [-0.3, -0.25) is 4.79 Å². The SMILES string of the molecule is COc1ccccc1C(=O)Oc1cc(C)c2c(c1)O/C(=C\c1ccccc1Br)C2=O. The molecule has 6 heteroatoms. The van der Waals surface area contributed by atoms with Gasteiger partial charge < -0.3 is 14.2 Å². The number of benzene rings is 3. The number of halogens is 1. The second-order valence-corrected chi connectivity index (χ2v) is 7.52. The van der Waals surface area contributed by atoms with Gasteiger partial charge in [-0.25, -0.2) is 4.79 Å². The summed E-state index contributed by atoms with van der Waals surface area (Å²) >= 11 is 3.47. The average Bonchev–Trinajstić information content (AvgIpc) is 3.05. The molecule has 0 atom stereocenters. The fourth-order valence-electron chi connectivity index (χ4n) is 3.25. The number of rotatable bonds is 4. The number of carbonyl (C=O) groups is 2. The first-order valence-corrected chi connectivity index (χ1v) is 9.96. The van der Waals surface area contributed by atoms with Gasteiger partial charge in [0, 0.05) is 10.5 Å². The van der Waals surface area contributed by atoms with E-state index in [1.54, 1.807) is 49.4 Å². The van der Waals surface area contributed by atoms with Gasteiger partial charge in [-0.15, -0.1) is 0 Å². The minimum absolute atomic E-state index is 0.208. The van der Waals surface area contributed by atoms with Crippen molar-refractivity contribution in [2.45, 2.75) is 6.92 Å². The van der Waals surface area contributed by atoms with Crippen molar-refractivity contribution in [1.82, 2.24) is 0 Å². The van der Waals surface area contributed by atoms with Crippen LogP contribution in [0.25, 0.3) is 6.08 Å². The Labute approximate surface area is 182 Å². The van der Waals surface area contributed by atoms with Gasteiger partial charge >= 0.3 is 5.97 Å². The van der Waals surface area contributed by atoms with Gasteiger partial charge in [0.1, 0.15) is 22.8 Å². The minimum atomic E-state index is -0.555. The molecule has 0 N–H and O–H groups in total. The van der Waals surface area contributed by atoms with Gasteiger partial charge in [-0.05, 0) is 48.4 Å². The molecule has 1 heterocycles. The number of fused-ring (bicyclic) bond motifs is 1. The van der Waals surface area contributed by atoms with Crippen LogP contribution in [0, 0.1) is 6.92 Å². The number of allylic oxidation sites excluding steroid dienone is 1. The maximum absolute atomic E-state index is 12.8. The van der Waals surface area contributed by atoms with E-state index in [9.17, 15) is 9.59 Å². The largest absolute Gasteiger partial charge is 0.496 e. The summed E-state index contributed by atoms with van der Waals surface area (Å²) < 4.78 is 17.4. The topological polar surface area (TPSA) is 61.8 Å². The average molecular weight is 465 g/mol. The number of Topliss-reactive ketones (excluding diaryl/α,β-unsaturated/α-hetero) is 1. The van der Waals surface area contributed by atoms with E-state index in [4.69, 9.17) is 14.2 Å². The summed E-state index contributed by atoms with van der Waals surface area (Å²) in [4.78, 5) is 25.4. The van der Waals surface area contributed by atoms with Crippen molar-refractivity contribution in [2.75, 3.05) is 7.11 Å². The normalized spacial score (nSPS) is 13.7. The summed E-state index contributed by atoms with van der Waals surface area (Å²) in [5.41, 5.74) is 2.26. The first-order chi connectivity index (χ1) is 14.5. The molecule has 0 amide bonds. The minimum Gasteiger partial charge on any atom is -0.496 e. The van der Waals surface area contributed by atoms with Gasteiger partial charge in [0.05, 0.1) is 12.7 Å². The van der Waals surface area contributed by atoms with Crippen LogP contribution in [0.5, 0.6) is 17.2 Å². The molecule has 3 aromatic carbocycles. The fraction of sp³-hybridized carbons (Fsp3) is 0.0833. The zero-order valence-electron chi connectivity index (χ0n) is 16.3. The number of methoxy groups -OCH3 is 1. The van der Waals surface area contributed by atoms with Crippen molar-refractivity contribution < 1.29 is 23.8 Å². The van der Waals surface area contributed by atoms with Gasteiger partial charge in [-0.1, -0.05) is 46.3 Å². The van der Waals surface area contributed by atoms with E-state index < -0.39 is 5.97 Å². The van der Waals surface area contributed by atoms with Crippen molar-refractivity contribution in [3.8, 4) is 17.2 Å². The van der Waals surface area contributed by atoms with E-state index in [1.165, 1.54) is 7.11 Å². The number of para-hydroxylation sites is 1. The predicted molar refractivity (Wildman–Crippen MR) is 116 cm³/mol. The molecule has 0 aromatic heterocycles. The molecule has 0 saturated carbocycles. The third kappa shape index (κ3) is 3.74. The Hall–Kier alpha value is -3.38. The quantitative estimate of drug-likeness (QED) is 0.285. The summed E-state index contributed by atoms with van der Waals surface area (Å²) in [5.74, 6) is 0.526. The van der Waals surface area contributed by atoms with Crippen LogP contribution < -0.4 is 14.2 Å². The highest BCUT2D eigenvalue weighted by Gasteiger charge is 2.30. The summed E-state index contributed by atoms with van der Waals surface area (Å²) in [6.45, 7) is 1.78. The van der Waals surface area contributed by atoms with Crippen LogP contribution >= 0.6 is 15.9 Å². The van der Waals surface area contributed by atoms with E-state index in [0.29, 0.717) is 28.2 Å². The van der Waals surface area contributed by atoms with Crippen LogP contribution in [0.2, 0.25) is 0 Å². The van der Waals surface area contributed by atoms with Gasteiger partial charge in [0.2, 0.25) is 5.78 Å². The standard InChI is InChI=1S/C24H17BrO5/c1-14-11-16(29-24(27)17-8-4-6-10-19(17)28-2)13-20-22(14)23(26)21(30-20)12-15-7-3-5-9-18(15)25/h3-13H,1-2H3/b21-12-. The lowest BCUT2D eigenvalue weighted by Crippen LogP contribution is -2.10. The molecule has 0 saturated heterocycles. The Bertz CT molecular complexity index is 1200. The first kappa shape index (κ1) is 19.9. The van der Waals surface area contributed by atoms with Crippen molar-refractivity contribution >= 4 is 33.8 Å². The summed E-state index contributed by atoms with van der Waals surface area (Å²) in [6.07, 6.45) is 1.69. The van der Waals surface area contributed by atoms with Gasteiger partial charge in [0.15, 0.2) is 5.76 Å². The Kier molecular flexibility index (Phi) is 5.42. The van der Waals surface area contributed by atoms with Crippen molar-refractivity contribution in [1.29, 1.82) is 0 Å². The number of esters is 1. The molecule has 0 spiro atoms. The van der Waals surface area contributed by atoms with E-state index in [1.807, 2.05) is 24.3 Å². The molecule has 4 rings (SSSR count). The lowest BCUT2D eigenvalue weighted by Gasteiger charge is -2.10. The summed E-state index contributed by atoms with van der Waals surface area (Å²) in [6, 6.07) is 17.5. The highest BCUT2D eigenvalue weighted by Crippen LogP contribution is 2.38. The highest BCUT2D eigenvalue weighted by molar-refractivity contribution is 9.10. The second kappa shape index (κ2) is 8.16. The van der Waals surface area contributed by atoms with Crippen LogP contribution in [0.1, 0.15) is 31.8 Å². The number of aryl methyl sites for hydroxylation is 1. The molecule has 0 unspecified atom stereocenters. The molecule has 5 nitrogen and oxygen atoms in total. The molecule has 1 aliphatic rings. The number of ketones is 1. The first-order valence-electron chi connectivity index (χ1n) is 9.16. The summed E-state index contributed by atoms with van der Waals surface area (Å²) in [7, 11) is 1.49. The van der Waals surface area contributed by atoms with Crippen molar-refractivity contribution in [2.24, 2.45) is 0 Å². The maximum Gasteiger partial charge on any atom is 0.347 e. The Morgan fingerprint density at radius 1 is 1.07 bits per heavy atom. The lowest BCUT2D eigenvalue weighted by atomic mass is 10.0. The third-order valence-corrected chi connectivity index (χ3v) is 5.40. The molecular weight excluding hydrogens is 448 g/mol. The van der Waals surface area contributed by atoms with Crippen molar-refractivity contribution in [3.63, 3.8) is 0 Å². The van der Waals surface area contributed by atoms with Gasteiger partial charge in [-0.2, -0.15) is 0 Å². The Balaban J connectivity index is 1.63. The lowest BCUT2D eigenvalue weighted by molar-refractivity contribution is 0.0731. The Morgan fingerprint density at radius 3 is 2.57 bits per heavy atom. The number of carbonyl (C=O) groups excluding carboxylic acids is 2. The smallest absolute Gasteiger partial charge is 0.347 e. The molecule has 3 aromatic rings. The fourth-order valence-corrected chi connectivity index (χ4v) is 3.64. The number of hydrogen-bond donors (Lipinski definition) is 0. The molecule has 0 aliphatic carbocycles. The zero-order valence-corrected chi connectivity index (χ0v) is 17.9. The highest BCUT2D eigenvalue weighted by atomic mass is 79.9. The molecular formula is C24H17BrO5. The van der Waals surface area contributed by atoms with E-state index in [2.05, 4.69) is 15.9 Å². The van der Waals surface area contributed by atoms with Crippen LogP contribution in [0.3, 0.4) is 0 Å². The van der Waals surface area contributed by atoms with Crippen molar-refractivity contribution in [3.05, 3.63) is 93.1 Å². The number of hydrogen-bond acceptors (Lipinski definition) is 5. The Morgan fingerprint density at radius 2 is 1.80 bits per heavy atom. The van der Waals surface area contributed by atoms with Crippen LogP contribution in [-0.4, -0.2) is 18.9 Å².